The van der Waals surface area contributed by atoms with Crippen LogP contribution in [0.5, 0.6) is 5.75 Å². The topological polar surface area (TPSA) is 50.4 Å². The van der Waals surface area contributed by atoms with Gasteiger partial charge in [-0.2, -0.15) is 0 Å². The van der Waals surface area contributed by atoms with Gasteiger partial charge in [0, 0.05) is 14.8 Å². The first-order valence-corrected chi connectivity index (χ1v) is 8.42. The van der Waals surface area contributed by atoms with Gasteiger partial charge in [-0.15, -0.1) is 0 Å². The van der Waals surface area contributed by atoms with Gasteiger partial charge in [0.2, 0.25) is 0 Å². The van der Waals surface area contributed by atoms with Crippen LogP contribution in [0.25, 0.3) is 0 Å². The molecule has 0 heterocycles. The van der Waals surface area contributed by atoms with E-state index in [0.29, 0.717) is 11.3 Å². The Morgan fingerprint density at radius 2 is 1.83 bits per heavy atom. The molecule has 2 rings (SSSR count). The normalized spacial score (nSPS) is 10.1. The molecule has 6 heteroatoms. The Balaban J connectivity index is 2.05. The zero-order valence-corrected chi connectivity index (χ0v) is 16.0. The summed E-state index contributed by atoms with van der Waals surface area (Å²) in [5.41, 5.74) is 3.67. The van der Waals surface area contributed by atoms with Gasteiger partial charge in [-0.25, -0.2) is 0 Å². The number of halogens is 1. The molecule has 4 nitrogen and oxygen atoms in total. The molecule has 0 aliphatic carbocycles. The number of nitrogens with one attached hydrogen (secondary N) is 2. The van der Waals surface area contributed by atoms with Crippen LogP contribution >= 0.6 is 34.8 Å². The van der Waals surface area contributed by atoms with Crippen LogP contribution in [0, 0.1) is 17.4 Å². The summed E-state index contributed by atoms with van der Waals surface area (Å²) >= 11 is 7.53. The van der Waals surface area contributed by atoms with Crippen molar-refractivity contribution in [2.75, 3.05) is 12.4 Å². The molecule has 120 valence electrons. The van der Waals surface area contributed by atoms with Crippen molar-refractivity contribution in [3.8, 4) is 5.75 Å². The van der Waals surface area contributed by atoms with E-state index in [1.807, 2.05) is 26.0 Å². The number of carbonyl (C=O) groups is 1. The third kappa shape index (κ3) is 4.65. The van der Waals surface area contributed by atoms with E-state index >= 15 is 0 Å². The Labute approximate surface area is 154 Å². The summed E-state index contributed by atoms with van der Waals surface area (Å²) in [5.74, 6) is 0.348. The molecule has 2 aromatic carbocycles. The highest BCUT2D eigenvalue weighted by atomic mass is 127. The fraction of sp³-hybridized carbons (Fsp3) is 0.176. The Morgan fingerprint density at radius 3 is 2.43 bits per heavy atom. The molecule has 0 saturated carbocycles. The summed E-state index contributed by atoms with van der Waals surface area (Å²) in [6, 6.07) is 10.9. The molecular formula is C17H17IN2O2S. The number of amides is 1. The van der Waals surface area contributed by atoms with Gasteiger partial charge in [0.1, 0.15) is 5.75 Å². The number of rotatable bonds is 3. The largest absolute Gasteiger partial charge is 0.497 e. The fourth-order valence-electron chi connectivity index (χ4n) is 2.12. The Bertz CT molecular complexity index is 739. The van der Waals surface area contributed by atoms with Gasteiger partial charge < -0.3 is 10.1 Å². The van der Waals surface area contributed by atoms with Crippen molar-refractivity contribution in [1.82, 2.24) is 5.32 Å². The molecule has 0 bridgehead atoms. The second-order valence-electron chi connectivity index (χ2n) is 5.06. The van der Waals surface area contributed by atoms with E-state index in [0.717, 1.165) is 16.8 Å². The molecule has 0 radical (unpaired) electrons. The molecule has 0 spiro atoms. The maximum Gasteiger partial charge on any atom is 0.257 e. The summed E-state index contributed by atoms with van der Waals surface area (Å²) < 4.78 is 6.34. The predicted octanol–water partition coefficient (Wildman–Crippen LogP) is 4.04. The lowest BCUT2D eigenvalue weighted by Crippen LogP contribution is -2.34. The summed E-state index contributed by atoms with van der Waals surface area (Å²) in [6.07, 6.45) is 0. The first kappa shape index (κ1) is 17.7. The highest BCUT2D eigenvalue weighted by Crippen LogP contribution is 2.21. The van der Waals surface area contributed by atoms with Crippen molar-refractivity contribution in [3.63, 3.8) is 0 Å². The Kier molecular flexibility index (Phi) is 5.95. The van der Waals surface area contributed by atoms with E-state index in [1.165, 1.54) is 3.57 Å². The molecule has 0 unspecified atom stereocenters. The SMILES string of the molecule is COc1cccc(C(=O)NC(=S)Nc2cc(C)c(I)c(C)c2)c1. The molecule has 1 amide bonds. The van der Waals surface area contributed by atoms with Crippen molar-refractivity contribution in [2.45, 2.75) is 13.8 Å². The van der Waals surface area contributed by atoms with Crippen molar-refractivity contribution in [1.29, 1.82) is 0 Å². The van der Waals surface area contributed by atoms with Crippen LogP contribution in [-0.2, 0) is 0 Å². The summed E-state index contributed by atoms with van der Waals surface area (Å²) in [6.45, 7) is 4.08. The average molecular weight is 440 g/mol. The monoisotopic (exact) mass is 440 g/mol. The number of methoxy groups -OCH3 is 1. The van der Waals surface area contributed by atoms with E-state index in [4.69, 9.17) is 17.0 Å². The number of hydrogen-bond acceptors (Lipinski definition) is 3. The Morgan fingerprint density at radius 1 is 1.17 bits per heavy atom. The zero-order valence-electron chi connectivity index (χ0n) is 13.1. The highest BCUT2D eigenvalue weighted by Gasteiger charge is 2.10. The number of thiocarbonyl (C=S) groups is 1. The maximum absolute atomic E-state index is 12.2. The Hall–Kier alpha value is -1.67. The standard InChI is InChI=1S/C17H17IN2O2S/c1-10-7-13(8-11(2)15(10)18)19-17(23)20-16(21)12-5-4-6-14(9-12)22-3/h4-9H,1-3H3,(H2,19,20,21,23). The molecule has 2 aromatic rings. The lowest BCUT2D eigenvalue weighted by molar-refractivity contribution is 0.0977. The van der Waals surface area contributed by atoms with Crippen LogP contribution in [0.4, 0.5) is 5.69 Å². The summed E-state index contributed by atoms with van der Waals surface area (Å²) in [7, 11) is 1.56. The van der Waals surface area contributed by atoms with Crippen LogP contribution in [0.1, 0.15) is 21.5 Å². The van der Waals surface area contributed by atoms with E-state index in [2.05, 4.69) is 33.2 Å². The molecule has 0 aromatic heterocycles. The number of ether oxygens (including phenoxy) is 1. The minimum atomic E-state index is -0.277. The molecule has 0 atom stereocenters. The quantitative estimate of drug-likeness (QED) is 0.559. The van der Waals surface area contributed by atoms with Crippen molar-refractivity contribution in [2.24, 2.45) is 0 Å². The molecule has 0 aliphatic heterocycles. The van der Waals surface area contributed by atoms with Crippen molar-refractivity contribution in [3.05, 3.63) is 56.7 Å². The third-order valence-electron chi connectivity index (χ3n) is 3.25. The van der Waals surface area contributed by atoms with Gasteiger partial charge in [-0.05, 0) is 90.1 Å². The third-order valence-corrected chi connectivity index (χ3v) is 5.16. The summed E-state index contributed by atoms with van der Waals surface area (Å²) in [5, 5.41) is 5.98. The number of carbonyl (C=O) groups excluding carboxylic acids is 1. The zero-order chi connectivity index (χ0) is 17.0. The first-order valence-electron chi connectivity index (χ1n) is 6.94. The minimum absolute atomic E-state index is 0.262. The molecule has 0 saturated heterocycles. The fourth-order valence-corrected chi connectivity index (χ4v) is 2.64. The van der Waals surface area contributed by atoms with Gasteiger partial charge in [0.25, 0.3) is 5.91 Å². The van der Waals surface area contributed by atoms with E-state index in [1.54, 1.807) is 31.4 Å². The van der Waals surface area contributed by atoms with Crippen LogP contribution in [0.2, 0.25) is 0 Å². The van der Waals surface area contributed by atoms with Crippen molar-refractivity contribution >= 4 is 51.5 Å². The van der Waals surface area contributed by atoms with E-state index in [9.17, 15) is 4.79 Å². The summed E-state index contributed by atoms with van der Waals surface area (Å²) in [4.78, 5) is 12.2. The first-order chi connectivity index (χ1) is 10.9. The molecule has 0 aliphatic rings. The number of hydrogen-bond donors (Lipinski definition) is 2. The van der Waals surface area contributed by atoms with E-state index in [-0.39, 0.29) is 11.0 Å². The number of anilines is 1. The number of aryl methyl sites for hydroxylation is 2. The second-order valence-corrected chi connectivity index (χ2v) is 6.55. The predicted molar refractivity (Wildman–Crippen MR) is 105 cm³/mol. The minimum Gasteiger partial charge on any atom is -0.497 e. The smallest absolute Gasteiger partial charge is 0.257 e. The van der Waals surface area contributed by atoms with Gasteiger partial charge in [-0.3, -0.25) is 10.1 Å². The number of benzene rings is 2. The van der Waals surface area contributed by atoms with Crippen LogP contribution in [0.3, 0.4) is 0 Å². The van der Waals surface area contributed by atoms with Crippen LogP contribution < -0.4 is 15.4 Å². The van der Waals surface area contributed by atoms with Gasteiger partial charge in [0.15, 0.2) is 5.11 Å². The van der Waals surface area contributed by atoms with Crippen molar-refractivity contribution < 1.29 is 9.53 Å². The second kappa shape index (κ2) is 7.74. The molecular weight excluding hydrogens is 423 g/mol. The molecule has 23 heavy (non-hydrogen) atoms. The molecule has 0 fully saturated rings. The van der Waals surface area contributed by atoms with Gasteiger partial charge >= 0.3 is 0 Å². The van der Waals surface area contributed by atoms with Crippen LogP contribution in [0.15, 0.2) is 36.4 Å². The highest BCUT2D eigenvalue weighted by molar-refractivity contribution is 14.1. The van der Waals surface area contributed by atoms with E-state index < -0.39 is 0 Å². The molecule has 2 N–H and O–H groups in total. The maximum atomic E-state index is 12.2. The van der Waals surface area contributed by atoms with Gasteiger partial charge in [-0.1, -0.05) is 6.07 Å². The van der Waals surface area contributed by atoms with Gasteiger partial charge in [0.05, 0.1) is 7.11 Å². The lowest BCUT2D eigenvalue weighted by atomic mass is 10.1. The average Bonchev–Trinajstić information content (AvgIpc) is 2.52. The lowest BCUT2D eigenvalue weighted by Gasteiger charge is -2.12. The van der Waals surface area contributed by atoms with Crippen LogP contribution in [-0.4, -0.2) is 18.1 Å².